The lowest BCUT2D eigenvalue weighted by Gasteiger charge is -2.28. The molecule has 0 aliphatic carbocycles. The van der Waals surface area contributed by atoms with Crippen molar-refractivity contribution in [2.24, 2.45) is 0 Å². The maximum Gasteiger partial charge on any atom is 0.415 e. The second kappa shape index (κ2) is 8.83. The van der Waals surface area contributed by atoms with Gasteiger partial charge in [0.2, 0.25) is 11.5 Å². The number of rotatable bonds is 8. The molecule has 0 atom stereocenters. The molecule has 31 heavy (non-hydrogen) atoms. The number of halogens is 3. The number of nitrogens with zero attached hydrogens (tertiary/aromatic N) is 1. The molecule has 5 N–H and O–H groups in total. The molecule has 0 saturated heterocycles. The number of carbonyl (C=O) groups excluding carboxylic acids is 1. The number of hydrogen-bond donors (Lipinski definition) is 4. The average molecular weight is 435 g/mol. The maximum absolute atomic E-state index is 12.6. The number of hydrogen-bond acceptors (Lipinski definition) is 4. The number of carbonyl (C=O) groups is 1. The van der Waals surface area contributed by atoms with Gasteiger partial charge >= 0.3 is 12.1 Å². The Kier molecular flexibility index (Phi) is 6.37. The van der Waals surface area contributed by atoms with Gasteiger partial charge in [0.25, 0.3) is 5.91 Å². The maximum atomic E-state index is 12.6. The highest BCUT2D eigenvalue weighted by atomic mass is 19.4. The van der Waals surface area contributed by atoms with E-state index >= 15 is 0 Å². The molecule has 1 aromatic carbocycles. The predicted molar refractivity (Wildman–Crippen MR) is 113 cm³/mol. The van der Waals surface area contributed by atoms with Crippen LogP contribution in [-0.2, 0) is 0 Å². The van der Waals surface area contributed by atoms with Crippen LogP contribution in [0.4, 0.5) is 30.6 Å². The van der Waals surface area contributed by atoms with Crippen LogP contribution in [0.15, 0.2) is 36.5 Å². The van der Waals surface area contributed by atoms with Crippen molar-refractivity contribution in [1.29, 1.82) is 0 Å². The van der Waals surface area contributed by atoms with Gasteiger partial charge in [-0.2, -0.15) is 13.2 Å². The van der Waals surface area contributed by atoms with E-state index in [0.717, 1.165) is 12.8 Å². The second-order valence-corrected chi connectivity index (χ2v) is 7.59. The van der Waals surface area contributed by atoms with Gasteiger partial charge in [0.15, 0.2) is 0 Å². The zero-order valence-electron chi connectivity index (χ0n) is 17.6. The van der Waals surface area contributed by atoms with Crippen molar-refractivity contribution in [3.63, 3.8) is 0 Å². The number of anilines is 3. The summed E-state index contributed by atoms with van der Waals surface area (Å²) in [5, 5.41) is 8.94. The van der Waals surface area contributed by atoms with E-state index in [2.05, 4.69) is 30.9 Å². The van der Waals surface area contributed by atoms with Crippen molar-refractivity contribution in [3.05, 3.63) is 42.1 Å². The minimum atomic E-state index is -4.35. The fraction of sp³-hybridized carbons (Fsp3) is 0.381. The van der Waals surface area contributed by atoms with Crippen molar-refractivity contribution < 1.29 is 22.9 Å². The predicted octanol–water partition coefficient (Wildman–Crippen LogP) is 4.40. The van der Waals surface area contributed by atoms with E-state index in [1.165, 1.54) is 0 Å². The first-order valence-electron chi connectivity index (χ1n) is 10.0. The summed E-state index contributed by atoms with van der Waals surface area (Å²) in [5.74, 6) is 0.288. The molecule has 0 fully saturated rings. The van der Waals surface area contributed by atoms with E-state index in [-0.39, 0.29) is 23.2 Å². The van der Waals surface area contributed by atoms with Crippen molar-refractivity contribution in [3.8, 4) is 0 Å². The number of aromatic nitrogens is 3. The van der Waals surface area contributed by atoms with Crippen LogP contribution in [-0.4, -0.2) is 34.1 Å². The molecule has 0 bridgehead atoms. The largest absolute Gasteiger partial charge is 0.415 e. The van der Waals surface area contributed by atoms with Gasteiger partial charge in [0, 0.05) is 17.3 Å². The van der Waals surface area contributed by atoms with E-state index in [1.807, 2.05) is 20.8 Å². The highest BCUT2D eigenvalue weighted by Gasteiger charge is 2.29. The summed E-state index contributed by atoms with van der Waals surface area (Å²) in [6.45, 7) is 4.88. The molecule has 2 aromatic heterocycles. The second-order valence-electron chi connectivity index (χ2n) is 7.59. The van der Waals surface area contributed by atoms with E-state index < -0.39 is 12.7 Å². The Morgan fingerprint density at radius 3 is 2.42 bits per heavy atom. The number of fused-ring (bicyclic) bond motifs is 1. The highest BCUT2D eigenvalue weighted by Crippen LogP contribution is 2.22. The standard InChI is InChI=1S/C21H25F3N6O/c1-4-20(3,5-2)30-18(31)13-6-8-14(9-7-13)27-19-28-16-15(10-11-25-16)17(29-19)26-12-21(22,23)24/h6-11H,4-5,12H2,1-3H3,(H,30,31)(H3,25,26,27,28,29)/p+1. The number of alkyl halides is 3. The summed E-state index contributed by atoms with van der Waals surface area (Å²) in [4.78, 5) is 22.6. The summed E-state index contributed by atoms with van der Waals surface area (Å²) in [5.41, 5.74) is 1.31. The van der Waals surface area contributed by atoms with Gasteiger partial charge in [-0.25, -0.2) is 4.98 Å². The van der Waals surface area contributed by atoms with Gasteiger partial charge in [-0.3, -0.25) is 10.1 Å². The number of H-pyrrole nitrogens is 2. The first-order valence-corrected chi connectivity index (χ1v) is 10.0. The fourth-order valence-corrected chi connectivity index (χ4v) is 2.98. The Bertz CT molecular complexity index is 1040. The van der Waals surface area contributed by atoms with E-state index in [0.29, 0.717) is 22.3 Å². The van der Waals surface area contributed by atoms with Gasteiger partial charge in [-0.1, -0.05) is 18.8 Å². The van der Waals surface area contributed by atoms with Crippen molar-refractivity contribution >= 4 is 34.4 Å². The number of nitrogens with one attached hydrogen (secondary N) is 5. The smallest absolute Gasteiger partial charge is 0.347 e. The van der Waals surface area contributed by atoms with Crippen LogP contribution in [0, 0.1) is 0 Å². The van der Waals surface area contributed by atoms with Crippen LogP contribution >= 0.6 is 0 Å². The van der Waals surface area contributed by atoms with Crippen molar-refractivity contribution in [2.75, 3.05) is 17.2 Å². The van der Waals surface area contributed by atoms with Gasteiger partial charge < -0.3 is 15.6 Å². The minimum Gasteiger partial charge on any atom is -0.347 e. The fourth-order valence-electron chi connectivity index (χ4n) is 2.98. The third-order valence-electron chi connectivity index (χ3n) is 5.31. The number of aromatic amines is 2. The van der Waals surface area contributed by atoms with Crippen LogP contribution < -0.4 is 20.9 Å². The summed E-state index contributed by atoms with van der Waals surface area (Å²) >= 11 is 0. The van der Waals surface area contributed by atoms with Crippen LogP contribution in [0.3, 0.4) is 0 Å². The number of amides is 1. The molecule has 0 spiro atoms. The van der Waals surface area contributed by atoms with Crippen LogP contribution in [0.5, 0.6) is 0 Å². The summed E-state index contributed by atoms with van der Waals surface area (Å²) < 4.78 is 37.9. The lowest BCUT2D eigenvalue weighted by atomic mass is 9.95. The number of benzene rings is 1. The minimum absolute atomic E-state index is 0.158. The van der Waals surface area contributed by atoms with Gasteiger partial charge in [0.05, 0.1) is 11.1 Å². The molecule has 10 heteroatoms. The molecular formula is C21H26F3N6O+. The zero-order chi connectivity index (χ0) is 22.6. The molecule has 0 saturated carbocycles. The van der Waals surface area contributed by atoms with Crippen LogP contribution in [0.25, 0.3) is 11.0 Å². The molecule has 7 nitrogen and oxygen atoms in total. The Balaban J connectivity index is 1.76. The Morgan fingerprint density at radius 1 is 1.13 bits per heavy atom. The Hall–Kier alpha value is -3.30. The van der Waals surface area contributed by atoms with E-state index in [1.54, 1.807) is 36.5 Å². The normalized spacial score (nSPS) is 12.1. The molecule has 0 aliphatic heterocycles. The van der Waals surface area contributed by atoms with E-state index in [9.17, 15) is 18.0 Å². The SMILES string of the molecule is CCC(C)(CC)NC(=O)c1ccc(Nc2nc3[nH]ccc3c(NCC(F)(F)F)[nH+]2)cc1. The molecule has 3 rings (SSSR count). The lowest BCUT2D eigenvalue weighted by molar-refractivity contribution is -0.346. The van der Waals surface area contributed by atoms with Crippen LogP contribution in [0.2, 0.25) is 0 Å². The highest BCUT2D eigenvalue weighted by molar-refractivity contribution is 5.95. The topological polar surface area (TPSA) is 96.0 Å². The molecule has 1 amide bonds. The summed E-state index contributed by atoms with van der Waals surface area (Å²) in [6.07, 6.45) is -1.11. The molecular weight excluding hydrogens is 409 g/mol. The van der Waals surface area contributed by atoms with Gasteiger partial charge in [0.1, 0.15) is 6.54 Å². The molecule has 3 aromatic rings. The Labute approximate surface area is 177 Å². The van der Waals surface area contributed by atoms with Gasteiger partial charge in [-0.05, 0) is 50.1 Å². The Morgan fingerprint density at radius 2 is 1.81 bits per heavy atom. The summed E-state index contributed by atoms with van der Waals surface area (Å²) in [7, 11) is 0. The molecule has 166 valence electrons. The molecule has 0 aliphatic rings. The third-order valence-corrected chi connectivity index (χ3v) is 5.31. The first kappa shape index (κ1) is 22.4. The summed E-state index contributed by atoms with van der Waals surface area (Å²) in [6, 6.07) is 8.41. The molecule has 0 unspecified atom stereocenters. The molecule has 2 heterocycles. The van der Waals surface area contributed by atoms with Gasteiger partial charge in [-0.15, -0.1) is 0 Å². The molecule has 0 radical (unpaired) electrons. The third kappa shape index (κ3) is 5.65. The van der Waals surface area contributed by atoms with Crippen molar-refractivity contribution in [2.45, 2.75) is 45.3 Å². The van der Waals surface area contributed by atoms with E-state index in [4.69, 9.17) is 0 Å². The first-order chi connectivity index (χ1) is 14.6. The average Bonchev–Trinajstić information content (AvgIpc) is 3.20. The quantitative estimate of drug-likeness (QED) is 0.422. The zero-order valence-corrected chi connectivity index (χ0v) is 17.6. The lowest BCUT2D eigenvalue weighted by Crippen LogP contribution is -2.44. The van der Waals surface area contributed by atoms with Crippen molar-refractivity contribution in [1.82, 2.24) is 15.3 Å². The monoisotopic (exact) mass is 435 g/mol. The van der Waals surface area contributed by atoms with Crippen LogP contribution in [0.1, 0.15) is 44.0 Å².